The van der Waals surface area contributed by atoms with Gasteiger partial charge in [-0.15, -0.1) is 0 Å². The molecule has 0 aliphatic heterocycles. The molecule has 0 heterocycles. The van der Waals surface area contributed by atoms with E-state index < -0.39 is 52.0 Å². The fourth-order valence-corrected chi connectivity index (χ4v) is 5.79. The minimum absolute atomic E-state index is 0.0347. The molecular weight excluding hydrogens is 885 g/mol. The summed E-state index contributed by atoms with van der Waals surface area (Å²) in [5.74, 6) is -4.75. The van der Waals surface area contributed by atoms with Crippen LogP contribution in [0.5, 0.6) is 0 Å². The maximum atomic E-state index is 11.8. The van der Waals surface area contributed by atoms with Crippen molar-refractivity contribution in [2.45, 2.75) is 0 Å². The van der Waals surface area contributed by atoms with Crippen molar-refractivity contribution in [3.63, 3.8) is 0 Å². The lowest BCUT2D eigenvalue weighted by Crippen LogP contribution is -2.14. The highest BCUT2D eigenvalue weighted by atomic mass is 16.2. The molecule has 8 aromatic rings. The number of carbonyl (C=O) groups is 11. The molecule has 8 aromatic carbocycles. The first kappa shape index (κ1) is 52.8. The molecule has 11 nitrogen and oxygen atoms in total. The number of Topliss-reactive ketones (excluding diaryl/α,β-unsaturated/α-hetero) is 9. The van der Waals surface area contributed by atoms with Crippen molar-refractivity contribution < 1.29 is 52.7 Å². The van der Waals surface area contributed by atoms with Gasteiger partial charge >= 0.3 is 0 Å². The van der Waals surface area contributed by atoms with E-state index in [9.17, 15) is 43.2 Å². The van der Waals surface area contributed by atoms with Crippen LogP contribution in [0.1, 0.15) is 82.9 Å². The van der Waals surface area contributed by atoms with Crippen molar-refractivity contribution in [3.05, 3.63) is 287 Å². The van der Waals surface area contributed by atoms with Crippen LogP contribution in [0.2, 0.25) is 0 Å². The lowest BCUT2D eigenvalue weighted by Gasteiger charge is -1.99. The van der Waals surface area contributed by atoms with Crippen LogP contribution in [-0.2, 0) is 14.4 Å². The summed E-state index contributed by atoms with van der Waals surface area (Å²) in [5, 5.41) is 0. The van der Waals surface area contributed by atoms with Crippen molar-refractivity contribution in [2.75, 3.05) is 0 Å². The minimum Gasteiger partial charge on any atom is -0.294 e. The van der Waals surface area contributed by atoms with Gasteiger partial charge < -0.3 is 0 Å². The number of benzene rings is 8. The zero-order valence-electron chi connectivity index (χ0n) is 37.2. The molecule has 0 fully saturated rings. The second-order valence-electron chi connectivity index (χ2n) is 14.2. The average molecular weight is 927 g/mol. The highest BCUT2D eigenvalue weighted by Crippen LogP contribution is 2.11. The normalized spacial score (nSPS) is 9.49. The Balaban J connectivity index is 0.000000195. The molecule has 0 saturated heterocycles. The minimum atomic E-state index is -1.02. The Labute approximate surface area is 403 Å². The molecule has 0 saturated carbocycles. The lowest BCUT2D eigenvalue weighted by atomic mass is 10.0. The Kier molecular flexibility index (Phi) is 21.8. The highest BCUT2D eigenvalue weighted by molar-refractivity contribution is 6.51. The van der Waals surface area contributed by atoms with Gasteiger partial charge in [0.2, 0.25) is 46.3 Å². The Hall–Kier alpha value is -9.87. The summed E-state index contributed by atoms with van der Waals surface area (Å²) < 4.78 is 0. The number of hydrogen-bond donors (Lipinski definition) is 0. The third-order valence-corrected chi connectivity index (χ3v) is 9.35. The molecule has 8 rings (SSSR count). The Morgan fingerprint density at radius 2 is 0.286 bits per heavy atom. The second kappa shape index (κ2) is 28.9. The van der Waals surface area contributed by atoms with Gasteiger partial charge in [0.15, 0.2) is 12.6 Å². The number of ketones is 9. The molecule has 11 heteroatoms. The molecule has 0 bridgehead atoms. The van der Waals surface area contributed by atoms with Crippen LogP contribution in [0.15, 0.2) is 243 Å². The lowest BCUT2D eigenvalue weighted by molar-refractivity contribution is -0.135. The topological polar surface area (TPSA) is 188 Å². The average Bonchev–Trinajstić information content (AvgIpc) is 3.45. The van der Waals surface area contributed by atoms with Gasteiger partial charge in [0.25, 0.3) is 5.78 Å². The Morgan fingerprint density at radius 1 is 0.186 bits per heavy atom. The van der Waals surface area contributed by atoms with E-state index in [0.29, 0.717) is 44.5 Å². The largest absolute Gasteiger partial charge is 0.294 e. The summed E-state index contributed by atoms with van der Waals surface area (Å²) >= 11 is 0. The molecular formula is C59H42O11. The number of aldehydes is 2. The molecule has 0 N–H and O–H groups in total. The maximum absolute atomic E-state index is 11.8. The monoisotopic (exact) mass is 926 g/mol. The van der Waals surface area contributed by atoms with Gasteiger partial charge in [-0.25, -0.2) is 0 Å². The summed E-state index contributed by atoms with van der Waals surface area (Å²) in [5.41, 5.74) is 3.42. The standard InChI is InChI=1S/4C14H10O2.C3H2O3/c4*15-13(11-7-3-1-4-8-11)14(16)12-9-5-2-6-10-12;4-1-3(6)2-5/h4*1-10H;1-2H. The van der Waals surface area contributed by atoms with Crippen LogP contribution in [0.25, 0.3) is 0 Å². The van der Waals surface area contributed by atoms with E-state index in [1.54, 1.807) is 194 Å². The fraction of sp³-hybridized carbons (Fsp3) is 0. The van der Waals surface area contributed by atoms with Crippen LogP contribution < -0.4 is 0 Å². The third kappa shape index (κ3) is 16.8. The molecule has 0 radical (unpaired) electrons. The maximum Gasteiger partial charge on any atom is 0.257 e. The second-order valence-corrected chi connectivity index (χ2v) is 14.2. The first-order valence-electron chi connectivity index (χ1n) is 21.2. The molecule has 0 aliphatic rings. The fourth-order valence-electron chi connectivity index (χ4n) is 5.79. The quantitative estimate of drug-likeness (QED) is 0.0437. The van der Waals surface area contributed by atoms with E-state index in [0.717, 1.165) is 0 Å². The molecule has 0 atom stereocenters. The molecule has 0 spiro atoms. The first-order valence-corrected chi connectivity index (χ1v) is 21.2. The molecule has 0 unspecified atom stereocenters. The zero-order valence-corrected chi connectivity index (χ0v) is 37.2. The van der Waals surface area contributed by atoms with Gasteiger partial charge in [0.05, 0.1) is 0 Å². The van der Waals surface area contributed by atoms with Gasteiger partial charge in [0, 0.05) is 44.5 Å². The molecule has 0 aromatic heterocycles. The summed E-state index contributed by atoms with van der Waals surface area (Å²) in [6, 6.07) is 68.6. The van der Waals surface area contributed by atoms with Gasteiger partial charge in [-0.05, 0) is 0 Å². The van der Waals surface area contributed by atoms with Crippen molar-refractivity contribution in [3.8, 4) is 0 Å². The Morgan fingerprint density at radius 3 is 0.357 bits per heavy atom. The van der Waals surface area contributed by atoms with E-state index in [1.165, 1.54) is 0 Å². The summed E-state index contributed by atoms with van der Waals surface area (Å²) in [6.45, 7) is 0. The van der Waals surface area contributed by atoms with E-state index >= 15 is 0 Å². The summed E-state index contributed by atoms with van der Waals surface area (Å²) in [6.07, 6.45) is -0.0694. The zero-order chi connectivity index (χ0) is 50.5. The summed E-state index contributed by atoms with van der Waals surface area (Å²) in [7, 11) is 0. The van der Waals surface area contributed by atoms with Gasteiger partial charge in [-0.2, -0.15) is 0 Å². The van der Waals surface area contributed by atoms with Crippen molar-refractivity contribution in [1.82, 2.24) is 0 Å². The van der Waals surface area contributed by atoms with Crippen LogP contribution >= 0.6 is 0 Å². The van der Waals surface area contributed by atoms with Gasteiger partial charge in [-0.3, -0.25) is 52.7 Å². The summed E-state index contributed by atoms with van der Waals surface area (Å²) in [4.78, 5) is 122. The van der Waals surface area contributed by atoms with E-state index in [1.807, 2.05) is 48.5 Å². The molecule has 70 heavy (non-hydrogen) atoms. The number of carbonyl (C=O) groups excluding carboxylic acids is 11. The van der Waals surface area contributed by atoms with Gasteiger partial charge in [0.1, 0.15) is 0 Å². The van der Waals surface area contributed by atoms with Crippen LogP contribution in [0.3, 0.4) is 0 Å². The molecule has 0 aliphatic carbocycles. The number of hydrogen-bond acceptors (Lipinski definition) is 11. The highest BCUT2D eigenvalue weighted by Gasteiger charge is 2.20. The van der Waals surface area contributed by atoms with Crippen molar-refractivity contribution >= 4 is 64.6 Å². The predicted octanol–water partition coefficient (Wildman–Crippen LogP) is 9.96. The van der Waals surface area contributed by atoms with Crippen molar-refractivity contribution in [2.24, 2.45) is 0 Å². The molecule has 344 valence electrons. The third-order valence-electron chi connectivity index (χ3n) is 9.35. The van der Waals surface area contributed by atoms with Crippen LogP contribution in [0, 0.1) is 0 Å². The smallest absolute Gasteiger partial charge is 0.257 e. The predicted molar refractivity (Wildman–Crippen MR) is 263 cm³/mol. The van der Waals surface area contributed by atoms with Crippen molar-refractivity contribution in [1.29, 1.82) is 0 Å². The van der Waals surface area contributed by atoms with E-state index in [2.05, 4.69) is 0 Å². The SMILES string of the molecule is O=C(C(=O)c1ccccc1)c1ccccc1.O=C(C(=O)c1ccccc1)c1ccccc1.O=C(C(=O)c1ccccc1)c1ccccc1.O=C(C(=O)c1ccccc1)c1ccccc1.O=CC(=O)C=O. The Bertz CT molecular complexity index is 2410. The number of rotatable bonds is 14. The molecule has 0 amide bonds. The van der Waals surface area contributed by atoms with Crippen LogP contribution in [0.4, 0.5) is 0 Å². The van der Waals surface area contributed by atoms with Gasteiger partial charge in [-0.1, -0.05) is 243 Å². The van der Waals surface area contributed by atoms with E-state index in [-0.39, 0.29) is 12.6 Å². The van der Waals surface area contributed by atoms with E-state index in [4.69, 9.17) is 9.59 Å². The van der Waals surface area contributed by atoms with Crippen LogP contribution in [-0.4, -0.2) is 64.6 Å². The first-order chi connectivity index (χ1) is 34.0.